The average molecular weight is 826 g/mol. The van der Waals surface area contributed by atoms with Gasteiger partial charge in [0, 0.05) is 132 Å². The molecule has 2 amide bonds. The number of aromatic amines is 2. The van der Waals surface area contributed by atoms with Crippen LogP contribution in [0.3, 0.4) is 0 Å². The van der Waals surface area contributed by atoms with Gasteiger partial charge in [-0.05, 0) is 59.7 Å². The third-order valence-electron chi connectivity index (χ3n) is 11.2. The molecule has 6 aromatic rings. The molecule has 0 spiro atoms. The molecule has 2 fully saturated rings. The molecular formula is C42H42Cl2N8O6. The van der Waals surface area contributed by atoms with Gasteiger partial charge < -0.3 is 50.1 Å². The summed E-state index contributed by atoms with van der Waals surface area (Å²) >= 11 is 12.8. The Morgan fingerprint density at radius 2 is 1.12 bits per heavy atom. The van der Waals surface area contributed by atoms with E-state index in [1.165, 1.54) is 0 Å². The number of carbonyl (C=O) groups is 2. The lowest BCUT2D eigenvalue weighted by Gasteiger charge is -2.34. The highest BCUT2D eigenvalue weighted by Crippen LogP contribution is 2.45. The molecule has 0 radical (unpaired) electrons. The summed E-state index contributed by atoms with van der Waals surface area (Å²) in [4.78, 5) is 44.6. The van der Waals surface area contributed by atoms with Crippen LogP contribution < -0.4 is 20.1 Å². The first-order valence-corrected chi connectivity index (χ1v) is 20.1. The molecule has 6 N–H and O–H groups in total. The molecule has 0 saturated carbocycles. The number of hydrogen-bond acceptors (Lipinski definition) is 10. The largest absolute Gasteiger partial charge is 0.479 e. The molecule has 4 aliphatic heterocycles. The second-order valence-corrected chi connectivity index (χ2v) is 15.8. The van der Waals surface area contributed by atoms with Crippen LogP contribution in [-0.2, 0) is 22.4 Å². The second-order valence-electron chi connectivity index (χ2n) is 14.9. The predicted molar refractivity (Wildman–Crippen MR) is 220 cm³/mol. The maximum absolute atomic E-state index is 13.1. The van der Waals surface area contributed by atoms with Crippen LogP contribution in [0.1, 0.15) is 11.1 Å². The Morgan fingerprint density at radius 3 is 1.55 bits per heavy atom. The van der Waals surface area contributed by atoms with Crippen molar-refractivity contribution in [2.24, 2.45) is 0 Å². The van der Waals surface area contributed by atoms with Crippen LogP contribution in [0.2, 0.25) is 10.0 Å². The highest BCUT2D eigenvalue weighted by atomic mass is 35.5. The lowest BCUT2D eigenvalue weighted by molar-refractivity contribution is -0.140. The molecule has 4 atom stereocenters. The molecule has 300 valence electrons. The lowest BCUT2D eigenvalue weighted by Crippen LogP contribution is -2.56. The minimum absolute atomic E-state index is 0.00396. The molecule has 0 bridgehead atoms. The van der Waals surface area contributed by atoms with E-state index in [4.69, 9.17) is 32.7 Å². The van der Waals surface area contributed by atoms with Crippen molar-refractivity contribution in [3.63, 3.8) is 0 Å². The predicted octanol–water partition coefficient (Wildman–Crippen LogP) is 3.96. The highest BCUT2D eigenvalue weighted by Gasteiger charge is 2.38. The zero-order valence-electron chi connectivity index (χ0n) is 31.4. The summed E-state index contributed by atoms with van der Waals surface area (Å²) < 4.78 is 12.4. The number of rotatable bonds is 6. The first kappa shape index (κ1) is 38.3. The van der Waals surface area contributed by atoms with E-state index in [0.717, 1.165) is 55.4 Å². The lowest BCUT2D eigenvalue weighted by atomic mass is 9.99. The van der Waals surface area contributed by atoms with Crippen LogP contribution >= 0.6 is 23.2 Å². The van der Waals surface area contributed by atoms with E-state index >= 15 is 0 Å². The summed E-state index contributed by atoms with van der Waals surface area (Å²) in [5, 5.41) is 28.4. The van der Waals surface area contributed by atoms with E-state index in [9.17, 15) is 19.8 Å². The molecule has 2 saturated heterocycles. The fourth-order valence-corrected chi connectivity index (χ4v) is 8.90. The topological polar surface area (TPSA) is 181 Å². The number of nitrogens with one attached hydrogen (secondary N) is 4. The van der Waals surface area contributed by atoms with Gasteiger partial charge in [0.25, 0.3) is 11.8 Å². The number of pyridine rings is 2. The number of ether oxygens (including phenoxy) is 2. The Kier molecular flexibility index (Phi) is 10.7. The Morgan fingerprint density at radius 1 is 0.672 bits per heavy atom. The number of aromatic nitrogens is 4. The van der Waals surface area contributed by atoms with E-state index in [0.29, 0.717) is 73.7 Å². The van der Waals surface area contributed by atoms with E-state index in [2.05, 4.69) is 30.6 Å². The number of benzene rings is 2. The Hall–Kier alpha value is -5.22. The maximum atomic E-state index is 13.1. The molecule has 0 unspecified atom stereocenters. The SMILES string of the molecule is O=C([C@@H]1Cc2cc(Cl)cc(-c3ccnc4[nH]ccc34)c2O1)N1CCN[C@@H](CO)C1.O=C([C@H]1Cc2cc(Cl)cc(-c3ccnc4[nH]ccc34)c2O1)N1CCN[C@@H](CO)C1. The third kappa shape index (κ3) is 7.36. The Bertz CT molecular complexity index is 2340. The van der Waals surface area contributed by atoms with Crippen molar-refractivity contribution in [1.29, 1.82) is 0 Å². The monoisotopic (exact) mass is 824 g/mol. The molecule has 58 heavy (non-hydrogen) atoms. The summed E-state index contributed by atoms with van der Waals surface area (Å²) in [7, 11) is 0. The number of aliphatic hydroxyl groups excluding tert-OH is 2. The molecule has 8 heterocycles. The zero-order valence-corrected chi connectivity index (χ0v) is 32.9. The summed E-state index contributed by atoms with van der Waals surface area (Å²) in [5.74, 6) is 1.31. The average Bonchev–Trinajstić information content (AvgIpc) is 4.09. The first-order chi connectivity index (χ1) is 28.3. The standard InChI is InChI=1S/2C21H21ClN4O3/c2*22-13-7-12-8-18(21(28)26-6-5-23-14(10-26)11-27)29-19(12)17(9-13)15-1-3-24-20-16(15)2-4-25-20/h2*1-4,7,9,14,18,23,27H,5-6,8,10-11H2,(H,24,25)/t14-,18+;14-,18-/m11/s1. The van der Waals surface area contributed by atoms with Gasteiger partial charge in [0.1, 0.15) is 22.8 Å². The fourth-order valence-electron chi connectivity index (χ4n) is 8.42. The number of halogens is 2. The minimum atomic E-state index is -0.580. The number of carbonyl (C=O) groups excluding carboxylic acids is 2. The molecule has 14 nitrogen and oxygen atoms in total. The molecule has 0 aliphatic carbocycles. The van der Waals surface area contributed by atoms with E-state index in [-0.39, 0.29) is 37.1 Å². The van der Waals surface area contributed by atoms with Crippen LogP contribution in [0.4, 0.5) is 0 Å². The Labute approximate surface area is 343 Å². The molecule has 4 aliphatic rings. The maximum Gasteiger partial charge on any atom is 0.264 e. The van der Waals surface area contributed by atoms with Crippen molar-refractivity contribution >= 4 is 57.1 Å². The van der Waals surface area contributed by atoms with Crippen molar-refractivity contribution < 1.29 is 29.3 Å². The fraction of sp³-hybridized carbons (Fsp3) is 0.333. The number of H-pyrrole nitrogens is 2. The number of amides is 2. The normalized spacial score (nSPS) is 21.2. The van der Waals surface area contributed by atoms with Crippen LogP contribution in [0, 0.1) is 0 Å². The highest BCUT2D eigenvalue weighted by molar-refractivity contribution is 6.31. The molecule has 2 aromatic carbocycles. The van der Waals surface area contributed by atoms with Gasteiger partial charge in [-0.15, -0.1) is 0 Å². The van der Waals surface area contributed by atoms with Gasteiger partial charge in [-0.2, -0.15) is 0 Å². The number of aliphatic hydroxyl groups is 2. The van der Waals surface area contributed by atoms with Gasteiger partial charge in [-0.1, -0.05) is 23.2 Å². The molecule has 16 heteroatoms. The molecule has 4 aromatic heterocycles. The Balaban J connectivity index is 0.000000150. The van der Waals surface area contributed by atoms with Gasteiger partial charge in [-0.25, -0.2) is 9.97 Å². The number of hydrogen-bond donors (Lipinski definition) is 6. The van der Waals surface area contributed by atoms with E-state index in [1.807, 2.05) is 60.9 Å². The van der Waals surface area contributed by atoms with Crippen molar-refractivity contribution in [3.05, 3.63) is 94.5 Å². The summed E-state index contributed by atoms with van der Waals surface area (Å²) in [6, 6.07) is 15.1. The summed E-state index contributed by atoms with van der Waals surface area (Å²) in [5.41, 5.74) is 7.10. The van der Waals surface area contributed by atoms with Crippen molar-refractivity contribution in [2.75, 3.05) is 52.5 Å². The third-order valence-corrected chi connectivity index (χ3v) is 11.7. The van der Waals surface area contributed by atoms with Gasteiger partial charge in [0.15, 0.2) is 12.2 Å². The van der Waals surface area contributed by atoms with E-state index in [1.54, 1.807) is 22.2 Å². The molecule has 10 rings (SSSR count). The van der Waals surface area contributed by atoms with E-state index < -0.39 is 12.2 Å². The van der Waals surface area contributed by atoms with Crippen molar-refractivity contribution in [3.8, 4) is 33.8 Å². The van der Waals surface area contributed by atoms with Crippen LogP contribution in [0.5, 0.6) is 11.5 Å². The minimum Gasteiger partial charge on any atom is -0.479 e. The van der Waals surface area contributed by atoms with Gasteiger partial charge >= 0.3 is 0 Å². The zero-order chi connectivity index (χ0) is 39.9. The van der Waals surface area contributed by atoms with Gasteiger partial charge in [-0.3, -0.25) is 9.59 Å². The van der Waals surface area contributed by atoms with Crippen LogP contribution in [0.25, 0.3) is 44.3 Å². The summed E-state index contributed by atoms with van der Waals surface area (Å²) in [6.07, 6.45) is 6.99. The van der Waals surface area contributed by atoms with Crippen molar-refractivity contribution in [1.82, 2.24) is 40.4 Å². The van der Waals surface area contributed by atoms with Crippen LogP contribution in [0.15, 0.2) is 73.3 Å². The van der Waals surface area contributed by atoms with Crippen molar-refractivity contribution in [2.45, 2.75) is 37.1 Å². The quantitative estimate of drug-likeness (QED) is 0.144. The number of fused-ring (bicyclic) bond motifs is 4. The van der Waals surface area contributed by atoms with Gasteiger partial charge in [0.05, 0.1) is 13.2 Å². The summed E-state index contributed by atoms with van der Waals surface area (Å²) in [6.45, 7) is 3.50. The first-order valence-electron chi connectivity index (χ1n) is 19.4. The number of piperazine rings is 2. The van der Waals surface area contributed by atoms with Crippen LogP contribution in [-0.4, -0.2) is 129 Å². The smallest absolute Gasteiger partial charge is 0.264 e. The number of nitrogens with zero attached hydrogens (tertiary/aromatic N) is 4. The van der Waals surface area contributed by atoms with Gasteiger partial charge in [0.2, 0.25) is 0 Å². The second kappa shape index (κ2) is 16.2. The molecular weight excluding hydrogens is 783 g/mol.